The van der Waals surface area contributed by atoms with E-state index in [2.05, 4.69) is 9.47 Å². The molecule has 1 unspecified atom stereocenters. The number of nitriles is 1. The van der Waals surface area contributed by atoms with Gasteiger partial charge in [0.15, 0.2) is 6.10 Å². The van der Waals surface area contributed by atoms with Crippen LogP contribution >= 0.6 is 0 Å². The molecule has 0 aromatic rings. The Kier molecular flexibility index (Phi) is 3.62. The molecule has 1 aliphatic heterocycles. The minimum Gasteiger partial charge on any atom is -0.433 e. The summed E-state index contributed by atoms with van der Waals surface area (Å²) in [6.07, 6.45) is -2.32. The van der Waals surface area contributed by atoms with Gasteiger partial charge < -0.3 is 9.47 Å². The maximum atomic E-state index is 10.9. The van der Waals surface area contributed by atoms with Crippen molar-refractivity contribution in [2.45, 2.75) is 18.9 Å². The number of carbonyl (C=O) groups is 3. The molecule has 1 heterocycles. The Morgan fingerprint density at radius 1 is 1.60 bits per heavy atom. The van der Waals surface area contributed by atoms with Gasteiger partial charge in [-0.15, -0.1) is 0 Å². The predicted octanol–water partition coefficient (Wildman–Crippen LogP) is -0.532. The lowest BCUT2D eigenvalue weighted by molar-refractivity contribution is -0.128. The van der Waals surface area contributed by atoms with Gasteiger partial charge in [-0.05, 0) is 0 Å². The highest BCUT2D eigenvalue weighted by atomic mass is 16.7. The van der Waals surface area contributed by atoms with Gasteiger partial charge in [0.25, 0.3) is 5.91 Å². The van der Waals surface area contributed by atoms with Crippen LogP contribution in [0.1, 0.15) is 12.8 Å². The summed E-state index contributed by atoms with van der Waals surface area (Å²) in [6.45, 7) is -0.0996. The second-order valence-corrected chi connectivity index (χ2v) is 2.73. The van der Waals surface area contributed by atoms with Crippen molar-refractivity contribution in [2.75, 3.05) is 6.61 Å². The average Bonchev–Trinajstić information content (AvgIpc) is 2.45. The summed E-state index contributed by atoms with van der Waals surface area (Å²) in [5, 5.41) is 10.1. The molecule has 7 nitrogen and oxygen atoms in total. The Morgan fingerprint density at radius 3 is 2.87 bits per heavy atom. The number of rotatable bonds is 3. The highest BCUT2D eigenvalue weighted by molar-refractivity contribution is 6.05. The summed E-state index contributed by atoms with van der Waals surface area (Å²) < 4.78 is 8.99. The van der Waals surface area contributed by atoms with Crippen LogP contribution in [-0.4, -0.2) is 30.7 Å². The predicted molar refractivity (Wildman–Crippen MR) is 44.2 cm³/mol. The molecule has 0 bridgehead atoms. The van der Waals surface area contributed by atoms with Gasteiger partial charge in [-0.2, -0.15) is 5.26 Å². The van der Waals surface area contributed by atoms with Gasteiger partial charge in [0, 0.05) is 0 Å². The minimum absolute atomic E-state index is 0.0465. The van der Waals surface area contributed by atoms with Crippen LogP contribution in [0.2, 0.25) is 0 Å². The molecule has 7 heteroatoms. The maximum absolute atomic E-state index is 10.9. The fourth-order valence-corrected chi connectivity index (χ4v) is 0.955. The van der Waals surface area contributed by atoms with Crippen molar-refractivity contribution in [3.8, 4) is 6.07 Å². The van der Waals surface area contributed by atoms with E-state index in [0.717, 1.165) is 0 Å². The molecule has 1 rings (SSSR count). The lowest BCUT2D eigenvalue weighted by Gasteiger charge is -2.07. The Bertz CT molecular complexity index is 332. The van der Waals surface area contributed by atoms with Gasteiger partial charge >= 0.3 is 6.16 Å². The number of imide groups is 1. The largest absolute Gasteiger partial charge is 0.509 e. The quantitative estimate of drug-likeness (QED) is 0.383. The molecule has 0 radical (unpaired) electrons. The van der Waals surface area contributed by atoms with Crippen molar-refractivity contribution in [3.05, 3.63) is 0 Å². The molecule has 0 aromatic carbocycles. The van der Waals surface area contributed by atoms with Crippen molar-refractivity contribution >= 4 is 18.0 Å². The molecule has 1 saturated heterocycles. The van der Waals surface area contributed by atoms with E-state index in [4.69, 9.17) is 5.26 Å². The van der Waals surface area contributed by atoms with E-state index in [1.165, 1.54) is 0 Å². The Morgan fingerprint density at radius 2 is 2.33 bits per heavy atom. The summed E-state index contributed by atoms with van der Waals surface area (Å²) in [6, 6.07) is 1.77. The lowest BCUT2D eigenvalue weighted by Crippen LogP contribution is -2.28. The smallest absolute Gasteiger partial charge is 0.433 e. The molecule has 1 fully saturated rings. The van der Waals surface area contributed by atoms with Gasteiger partial charge in [0.2, 0.25) is 5.91 Å². The highest BCUT2D eigenvalue weighted by Gasteiger charge is 2.34. The monoisotopic (exact) mass is 212 g/mol. The molecular weight excluding hydrogens is 204 g/mol. The molecule has 15 heavy (non-hydrogen) atoms. The molecule has 1 N–H and O–H groups in total. The molecule has 1 aliphatic rings. The second kappa shape index (κ2) is 4.95. The molecule has 0 spiro atoms. The van der Waals surface area contributed by atoms with Gasteiger partial charge in [-0.25, -0.2) is 4.79 Å². The fraction of sp³-hybridized carbons (Fsp3) is 0.500. The van der Waals surface area contributed by atoms with Crippen molar-refractivity contribution in [2.24, 2.45) is 0 Å². The first kappa shape index (κ1) is 11.0. The van der Waals surface area contributed by atoms with Crippen LogP contribution in [0.4, 0.5) is 4.79 Å². The first-order valence-electron chi connectivity index (χ1n) is 4.17. The molecule has 2 amide bonds. The normalized spacial score (nSPS) is 19.3. The van der Waals surface area contributed by atoms with E-state index in [-0.39, 0.29) is 19.4 Å². The lowest BCUT2D eigenvalue weighted by atomic mass is 10.3. The van der Waals surface area contributed by atoms with Crippen LogP contribution in [0.25, 0.3) is 0 Å². The van der Waals surface area contributed by atoms with E-state index < -0.39 is 24.1 Å². The van der Waals surface area contributed by atoms with Crippen molar-refractivity contribution in [3.63, 3.8) is 0 Å². The number of hydrogen-bond donors (Lipinski definition) is 1. The first-order chi connectivity index (χ1) is 7.13. The van der Waals surface area contributed by atoms with Crippen LogP contribution < -0.4 is 5.32 Å². The van der Waals surface area contributed by atoms with E-state index in [0.29, 0.717) is 0 Å². The zero-order valence-corrected chi connectivity index (χ0v) is 7.69. The third kappa shape index (κ3) is 3.27. The van der Waals surface area contributed by atoms with Gasteiger partial charge in [0.1, 0.15) is 6.61 Å². The van der Waals surface area contributed by atoms with Crippen molar-refractivity contribution < 1.29 is 23.9 Å². The fourth-order valence-electron chi connectivity index (χ4n) is 0.955. The van der Waals surface area contributed by atoms with E-state index in [1.807, 2.05) is 5.32 Å². The van der Waals surface area contributed by atoms with Crippen LogP contribution in [-0.2, 0) is 19.1 Å². The minimum atomic E-state index is -1.12. The molecule has 0 aromatic heterocycles. The number of nitrogens with one attached hydrogen (secondary N) is 1. The van der Waals surface area contributed by atoms with E-state index in [9.17, 15) is 14.4 Å². The number of amides is 2. The standard InChI is InChI=1S/C8H8N2O5/c9-2-1-3-14-8(13)15-5-4-6(11)10-7(5)12/h5H,1,3-4H2,(H,10,11,12). The van der Waals surface area contributed by atoms with Crippen LogP contribution in [0.3, 0.4) is 0 Å². The summed E-state index contributed by atoms with van der Waals surface area (Å²) in [5.74, 6) is -1.15. The van der Waals surface area contributed by atoms with Crippen LogP contribution in [0, 0.1) is 11.3 Å². The third-order valence-corrected chi connectivity index (χ3v) is 1.60. The Balaban J connectivity index is 2.29. The molecule has 1 atom stereocenters. The van der Waals surface area contributed by atoms with Gasteiger partial charge in [-0.1, -0.05) is 0 Å². The number of nitrogens with zero attached hydrogens (tertiary/aromatic N) is 1. The summed E-state index contributed by atoms with van der Waals surface area (Å²) in [7, 11) is 0. The number of hydrogen-bond acceptors (Lipinski definition) is 6. The first-order valence-corrected chi connectivity index (χ1v) is 4.17. The number of carbonyl (C=O) groups excluding carboxylic acids is 3. The zero-order valence-electron chi connectivity index (χ0n) is 7.69. The third-order valence-electron chi connectivity index (χ3n) is 1.60. The van der Waals surface area contributed by atoms with Crippen LogP contribution in [0.5, 0.6) is 0 Å². The molecule has 0 saturated carbocycles. The number of ether oxygens (including phenoxy) is 2. The molecule has 80 valence electrons. The van der Waals surface area contributed by atoms with Crippen LogP contribution in [0.15, 0.2) is 0 Å². The zero-order chi connectivity index (χ0) is 11.3. The maximum Gasteiger partial charge on any atom is 0.509 e. The summed E-state index contributed by atoms with van der Waals surface area (Å²) >= 11 is 0. The second-order valence-electron chi connectivity index (χ2n) is 2.73. The Labute approximate surface area is 84.9 Å². The SMILES string of the molecule is N#CCCOC(=O)OC1CC(=O)NC1=O. The van der Waals surface area contributed by atoms with E-state index in [1.54, 1.807) is 6.07 Å². The molecular formula is C8H8N2O5. The van der Waals surface area contributed by atoms with Gasteiger partial charge in [0.05, 0.1) is 18.9 Å². The van der Waals surface area contributed by atoms with Gasteiger partial charge in [-0.3, -0.25) is 14.9 Å². The average molecular weight is 212 g/mol. The Hall–Kier alpha value is -2.10. The molecule has 0 aliphatic carbocycles. The topological polar surface area (TPSA) is 105 Å². The van der Waals surface area contributed by atoms with Crippen molar-refractivity contribution in [1.82, 2.24) is 5.32 Å². The van der Waals surface area contributed by atoms with E-state index >= 15 is 0 Å². The summed E-state index contributed by atoms with van der Waals surface area (Å²) in [4.78, 5) is 32.5. The highest BCUT2D eigenvalue weighted by Crippen LogP contribution is 2.07. The van der Waals surface area contributed by atoms with Crippen molar-refractivity contribution in [1.29, 1.82) is 5.26 Å². The summed E-state index contributed by atoms with van der Waals surface area (Å²) in [5.41, 5.74) is 0.